The summed E-state index contributed by atoms with van der Waals surface area (Å²) < 4.78 is 0.934. The lowest BCUT2D eigenvalue weighted by Gasteiger charge is -2.19. The summed E-state index contributed by atoms with van der Waals surface area (Å²) >= 11 is 2.37. The highest BCUT2D eigenvalue weighted by Crippen LogP contribution is 2.33. The number of allylic oxidation sites excluding steroid dienone is 8. The molecule has 1 heterocycles. The normalized spacial score (nSPS) is 14.2. The Morgan fingerprint density at radius 2 is 1.59 bits per heavy atom. The van der Waals surface area contributed by atoms with E-state index in [1.54, 1.807) is 18.3 Å². The standard InChI is InChI=1S/C27H26IN3O/c1-29-26-23(18-19-28)25(21-14-10-8-5-9-11-15-21)24(20-30-26)31-27(32)22-16-12-6-3-2-4-7-13-17-22/h2-17,20H,18-19H2,1H3,(H,29,30)(H,31,32)/b3-2?,4-2?,6-3?,7-4?,8-5-,9-5?,10-8?,11-9-,12-6?,13-7?,14-10?,15-11?,16-12?,17-13?,21-14?,21-15?,22-16?,22-17?. The predicted molar refractivity (Wildman–Crippen MR) is 144 cm³/mol. The second kappa shape index (κ2) is 12.6. The molecule has 0 atom stereocenters. The van der Waals surface area contributed by atoms with Gasteiger partial charge in [0, 0.05) is 28.2 Å². The third-order valence-corrected chi connectivity index (χ3v) is 5.31. The fraction of sp³-hybridized carbons (Fsp3) is 0.111. The number of carbonyl (C=O) groups is 1. The summed E-state index contributed by atoms with van der Waals surface area (Å²) in [6.07, 6.45) is 16.7. The largest absolute Gasteiger partial charge is 0.373 e. The molecular formula is C27H26IN3O. The molecule has 4 nitrogen and oxygen atoms in total. The van der Waals surface area contributed by atoms with E-state index in [9.17, 15) is 4.79 Å². The number of pyridine rings is 1. The Morgan fingerprint density at radius 1 is 0.938 bits per heavy atom. The minimum atomic E-state index is -0.185. The fourth-order valence-electron chi connectivity index (χ4n) is 3.30. The number of aromatic nitrogens is 1. The molecule has 1 aliphatic rings. The number of amides is 1. The van der Waals surface area contributed by atoms with E-state index >= 15 is 0 Å². The Labute approximate surface area is 203 Å². The molecule has 3 rings (SSSR count). The predicted octanol–water partition coefficient (Wildman–Crippen LogP) is 6.54. The highest BCUT2D eigenvalue weighted by atomic mass is 127. The highest BCUT2D eigenvalue weighted by molar-refractivity contribution is 14.1. The minimum Gasteiger partial charge on any atom is -0.373 e. The molecule has 0 saturated heterocycles. The molecule has 0 fully saturated rings. The SMILES string of the molecule is CNc1ncc(NC(=O)c2ccccccccc2)c(C2=C/C=C\C=C/C=C2)c1CCI. The highest BCUT2D eigenvalue weighted by Gasteiger charge is 2.18. The van der Waals surface area contributed by atoms with Crippen molar-refractivity contribution in [1.82, 2.24) is 4.98 Å². The van der Waals surface area contributed by atoms with Crippen LogP contribution in [0.25, 0.3) is 5.57 Å². The van der Waals surface area contributed by atoms with Crippen LogP contribution in [0.15, 0.2) is 103 Å². The fourth-order valence-corrected chi connectivity index (χ4v) is 3.84. The maximum absolute atomic E-state index is 13.2. The summed E-state index contributed by atoms with van der Waals surface area (Å²) in [5.74, 6) is 0.638. The van der Waals surface area contributed by atoms with Gasteiger partial charge in [-0.05, 0) is 24.1 Å². The third-order valence-electron chi connectivity index (χ3n) is 4.77. The van der Waals surface area contributed by atoms with Gasteiger partial charge in [-0.1, -0.05) is 108 Å². The Balaban J connectivity index is 2.10. The molecule has 5 heteroatoms. The Bertz CT molecular complexity index is 1110. The molecule has 0 bridgehead atoms. The summed E-state index contributed by atoms with van der Waals surface area (Å²) in [5, 5.41) is 6.31. The van der Waals surface area contributed by atoms with Crippen molar-refractivity contribution >= 4 is 45.6 Å². The first kappa shape index (κ1) is 23.5. The summed E-state index contributed by atoms with van der Waals surface area (Å²) in [5.41, 5.74) is 4.33. The van der Waals surface area contributed by atoms with Crippen LogP contribution in [0, 0.1) is 0 Å². The molecule has 1 aromatic carbocycles. The van der Waals surface area contributed by atoms with Gasteiger partial charge in [-0.3, -0.25) is 4.79 Å². The Morgan fingerprint density at radius 3 is 2.28 bits per heavy atom. The van der Waals surface area contributed by atoms with Crippen molar-refractivity contribution in [3.63, 3.8) is 0 Å². The van der Waals surface area contributed by atoms with Gasteiger partial charge in [0.1, 0.15) is 5.82 Å². The van der Waals surface area contributed by atoms with Crippen LogP contribution in [0.2, 0.25) is 0 Å². The maximum Gasteiger partial charge on any atom is 0.255 e. The van der Waals surface area contributed by atoms with Crippen molar-refractivity contribution in [2.75, 3.05) is 22.1 Å². The number of nitrogens with zero attached hydrogens (tertiary/aromatic N) is 1. The number of nitrogens with one attached hydrogen (secondary N) is 2. The first-order valence-electron chi connectivity index (χ1n) is 10.4. The lowest BCUT2D eigenvalue weighted by Crippen LogP contribution is -2.15. The average Bonchev–Trinajstić information content (AvgIpc) is 2.78. The van der Waals surface area contributed by atoms with Crippen LogP contribution in [0.1, 0.15) is 21.5 Å². The molecule has 2 N–H and O–H groups in total. The molecule has 0 spiro atoms. The lowest BCUT2D eigenvalue weighted by molar-refractivity contribution is 0.102. The number of rotatable bonds is 6. The van der Waals surface area contributed by atoms with E-state index in [0.717, 1.165) is 33.4 Å². The van der Waals surface area contributed by atoms with E-state index in [-0.39, 0.29) is 5.91 Å². The van der Waals surface area contributed by atoms with Gasteiger partial charge < -0.3 is 10.6 Å². The molecule has 0 saturated carbocycles. The van der Waals surface area contributed by atoms with Crippen LogP contribution in [0.4, 0.5) is 11.5 Å². The van der Waals surface area contributed by atoms with Crippen molar-refractivity contribution in [2.24, 2.45) is 0 Å². The molecule has 1 amide bonds. The van der Waals surface area contributed by atoms with Crippen molar-refractivity contribution in [2.45, 2.75) is 6.42 Å². The summed E-state index contributed by atoms with van der Waals surface area (Å²) in [7, 11) is 1.87. The van der Waals surface area contributed by atoms with Gasteiger partial charge in [0.15, 0.2) is 0 Å². The molecule has 1 aliphatic carbocycles. The first-order chi connectivity index (χ1) is 15.7. The molecule has 162 valence electrons. The van der Waals surface area contributed by atoms with Crippen LogP contribution in [-0.2, 0) is 6.42 Å². The van der Waals surface area contributed by atoms with E-state index in [1.807, 2.05) is 79.9 Å². The van der Waals surface area contributed by atoms with Gasteiger partial charge >= 0.3 is 0 Å². The van der Waals surface area contributed by atoms with Gasteiger partial charge in [-0.25, -0.2) is 4.98 Å². The lowest BCUT2D eigenvalue weighted by atomic mass is 9.95. The van der Waals surface area contributed by atoms with Gasteiger partial charge in [0.25, 0.3) is 5.91 Å². The van der Waals surface area contributed by atoms with E-state index in [4.69, 9.17) is 0 Å². The Kier molecular flexibility index (Phi) is 9.25. The molecule has 0 aliphatic heterocycles. The molecule has 2 aromatic rings. The summed E-state index contributed by atoms with van der Waals surface area (Å²) in [4.78, 5) is 17.8. The van der Waals surface area contributed by atoms with Crippen LogP contribution in [0.3, 0.4) is 0 Å². The topological polar surface area (TPSA) is 54.0 Å². The summed E-state index contributed by atoms with van der Waals surface area (Å²) in [6, 6.07) is 16.9. The van der Waals surface area contributed by atoms with Crippen LogP contribution in [-0.4, -0.2) is 22.4 Å². The third kappa shape index (κ3) is 6.40. The van der Waals surface area contributed by atoms with Crippen molar-refractivity contribution in [3.05, 3.63) is 120 Å². The van der Waals surface area contributed by atoms with Crippen molar-refractivity contribution in [1.29, 1.82) is 0 Å². The van der Waals surface area contributed by atoms with Gasteiger partial charge in [0.05, 0.1) is 11.9 Å². The molecule has 0 radical (unpaired) electrons. The maximum atomic E-state index is 13.2. The quantitative estimate of drug-likeness (QED) is 0.326. The second-order valence-corrected chi connectivity index (χ2v) is 7.98. The van der Waals surface area contributed by atoms with Crippen LogP contribution < -0.4 is 10.6 Å². The zero-order valence-corrected chi connectivity index (χ0v) is 20.1. The van der Waals surface area contributed by atoms with Crippen LogP contribution >= 0.6 is 22.6 Å². The number of halogens is 1. The van der Waals surface area contributed by atoms with Crippen molar-refractivity contribution in [3.8, 4) is 0 Å². The second-order valence-electron chi connectivity index (χ2n) is 6.90. The first-order valence-corrected chi connectivity index (χ1v) is 11.9. The van der Waals surface area contributed by atoms with Gasteiger partial charge in [0.2, 0.25) is 0 Å². The van der Waals surface area contributed by atoms with E-state index in [0.29, 0.717) is 11.3 Å². The van der Waals surface area contributed by atoms with Gasteiger partial charge in [-0.15, -0.1) is 0 Å². The zero-order chi connectivity index (χ0) is 22.6. The number of hydrogen-bond acceptors (Lipinski definition) is 3. The monoisotopic (exact) mass is 535 g/mol. The van der Waals surface area contributed by atoms with E-state index < -0.39 is 0 Å². The zero-order valence-electron chi connectivity index (χ0n) is 18.0. The van der Waals surface area contributed by atoms with E-state index in [1.165, 1.54) is 0 Å². The summed E-state index contributed by atoms with van der Waals surface area (Å²) in [6.45, 7) is 0. The van der Waals surface area contributed by atoms with Crippen LogP contribution in [0.5, 0.6) is 0 Å². The molecular weight excluding hydrogens is 509 g/mol. The number of carbonyl (C=O) groups excluding carboxylic acids is 1. The van der Waals surface area contributed by atoms with Crippen molar-refractivity contribution < 1.29 is 4.79 Å². The minimum absolute atomic E-state index is 0.185. The molecule has 32 heavy (non-hydrogen) atoms. The molecule has 0 unspecified atom stereocenters. The Hall–Kier alpha value is -3.19. The number of hydrogen-bond donors (Lipinski definition) is 2. The van der Waals surface area contributed by atoms with Gasteiger partial charge in [-0.2, -0.15) is 0 Å². The smallest absolute Gasteiger partial charge is 0.255 e. The van der Waals surface area contributed by atoms with E-state index in [2.05, 4.69) is 50.4 Å². The number of alkyl halides is 1. The number of anilines is 2. The average molecular weight is 535 g/mol. The molecule has 1 aromatic heterocycles.